The van der Waals surface area contributed by atoms with E-state index in [0.717, 1.165) is 22.4 Å². The van der Waals surface area contributed by atoms with Gasteiger partial charge in [-0.15, -0.1) is 0 Å². The molecule has 0 atom stereocenters. The van der Waals surface area contributed by atoms with Crippen molar-refractivity contribution in [3.05, 3.63) is 91.9 Å². The van der Waals surface area contributed by atoms with Crippen LogP contribution in [0.3, 0.4) is 0 Å². The fourth-order valence-electron chi connectivity index (χ4n) is 2.92. The number of nitro benzene ring substituents is 1. The predicted octanol–water partition coefficient (Wildman–Crippen LogP) is 5.08. The second-order valence-electron chi connectivity index (χ2n) is 6.65. The van der Waals surface area contributed by atoms with E-state index in [-0.39, 0.29) is 12.3 Å². The zero-order valence-electron chi connectivity index (χ0n) is 17.6. The number of ether oxygens (including phenoxy) is 3. The summed E-state index contributed by atoms with van der Waals surface area (Å²) in [6.07, 6.45) is 1.68. The molecule has 0 unspecified atom stereocenters. The van der Waals surface area contributed by atoms with E-state index in [2.05, 4.69) is 26.5 Å². The number of benzene rings is 3. The fraction of sp³-hybridized carbons (Fsp3) is 0.174. The molecule has 3 aromatic carbocycles. The molecule has 0 heterocycles. The summed E-state index contributed by atoms with van der Waals surface area (Å²) in [4.78, 5) is 10.3. The number of nitrogens with zero attached hydrogens (tertiary/aromatic N) is 2. The van der Waals surface area contributed by atoms with Crippen LogP contribution in [0.15, 0.2) is 70.2 Å². The Kier molecular flexibility index (Phi) is 8.04. The summed E-state index contributed by atoms with van der Waals surface area (Å²) in [5.41, 5.74) is 5.66. The number of rotatable bonds is 10. The molecular formula is C23H22BrN3O5. The molecule has 0 radical (unpaired) electrons. The largest absolute Gasteiger partial charge is 0.496 e. The van der Waals surface area contributed by atoms with Crippen molar-refractivity contribution in [3.8, 4) is 17.2 Å². The Balaban J connectivity index is 1.65. The molecule has 0 aliphatic heterocycles. The zero-order chi connectivity index (χ0) is 22.9. The molecule has 0 aliphatic carbocycles. The Morgan fingerprint density at radius 2 is 1.78 bits per heavy atom. The van der Waals surface area contributed by atoms with E-state index in [1.165, 1.54) is 12.1 Å². The second kappa shape index (κ2) is 11.1. The Hall–Kier alpha value is -3.59. The minimum absolute atomic E-state index is 0.0375. The summed E-state index contributed by atoms with van der Waals surface area (Å²) in [5, 5.41) is 15.0. The molecule has 0 spiro atoms. The molecule has 0 aromatic heterocycles. The molecule has 0 amide bonds. The molecule has 0 saturated heterocycles. The van der Waals surface area contributed by atoms with Crippen molar-refractivity contribution in [1.29, 1.82) is 0 Å². The lowest BCUT2D eigenvalue weighted by Gasteiger charge is -2.13. The number of non-ortho nitro benzene ring substituents is 1. The third-order valence-electron chi connectivity index (χ3n) is 4.55. The highest BCUT2D eigenvalue weighted by molar-refractivity contribution is 9.10. The SMILES string of the molecule is COc1ccccc1CN/N=C/c1cc(Br)c(OCc2ccc([N+](=O)[O-])cc2)c(OC)c1. The van der Waals surface area contributed by atoms with Crippen LogP contribution < -0.4 is 19.6 Å². The maximum absolute atomic E-state index is 10.8. The summed E-state index contributed by atoms with van der Waals surface area (Å²) in [6, 6.07) is 17.6. The van der Waals surface area contributed by atoms with Crippen molar-refractivity contribution in [2.75, 3.05) is 14.2 Å². The molecule has 8 nitrogen and oxygen atoms in total. The number of nitro groups is 1. The third-order valence-corrected chi connectivity index (χ3v) is 5.14. The van der Waals surface area contributed by atoms with Gasteiger partial charge in [0.2, 0.25) is 0 Å². The van der Waals surface area contributed by atoms with E-state index in [9.17, 15) is 10.1 Å². The van der Waals surface area contributed by atoms with Gasteiger partial charge in [0.1, 0.15) is 12.4 Å². The van der Waals surface area contributed by atoms with E-state index >= 15 is 0 Å². The van der Waals surface area contributed by atoms with E-state index in [4.69, 9.17) is 14.2 Å². The molecule has 32 heavy (non-hydrogen) atoms. The molecule has 0 saturated carbocycles. The molecule has 0 aliphatic rings. The number of halogens is 1. The van der Waals surface area contributed by atoms with Gasteiger partial charge in [0.15, 0.2) is 11.5 Å². The van der Waals surface area contributed by atoms with Crippen LogP contribution >= 0.6 is 15.9 Å². The van der Waals surface area contributed by atoms with Crippen LogP contribution in [0.1, 0.15) is 16.7 Å². The molecule has 0 fully saturated rings. The maximum atomic E-state index is 10.8. The van der Waals surface area contributed by atoms with Gasteiger partial charge in [0.25, 0.3) is 5.69 Å². The highest BCUT2D eigenvalue weighted by atomic mass is 79.9. The van der Waals surface area contributed by atoms with E-state index < -0.39 is 4.92 Å². The number of hydrogen-bond donors (Lipinski definition) is 1. The number of hydrogen-bond acceptors (Lipinski definition) is 7. The maximum Gasteiger partial charge on any atom is 0.269 e. The lowest BCUT2D eigenvalue weighted by atomic mass is 10.2. The van der Waals surface area contributed by atoms with E-state index in [0.29, 0.717) is 22.5 Å². The van der Waals surface area contributed by atoms with Gasteiger partial charge in [-0.2, -0.15) is 5.10 Å². The highest BCUT2D eigenvalue weighted by Crippen LogP contribution is 2.37. The first-order valence-electron chi connectivity index (χ1n) is 9.63. The van der Waals surface area contributed by atoms with Crippen molar-refractivity contribution >= 4 is 27.8 Å². The van der Waals surface area contributed by atoms with Crippen LogP contribution in [-0.4, -0.2) is 25.4 Å². The standard InChI is InChI=1S/C23H22BrN3O5/c1-30-21-6-4-3-5-18(21)14-26-25-13-17-11-20(24)23(22(12-17)31-2)32-15-16-7-9-19(10-8-16)27(28)29/h3-13,26H,14-15H2,1-2H3/b25-13+. The van der Waals surface area contributed by atoms with Gasteiger partial charge in [0, 0.05) is 17.7 Å². The van der Waals surface area contributed by atoms with Gasteiger partial charge in [-0.05, 0) is 57.4 Å². The van der Waals surface area contributed by atoms with E-state index in [1.54, 1.807) is 32.6 Å². The second-order valence-corrected chi connectivity index (χ2v) is 7.51. The van der Waals surface area contributed by atoms with Gasteiger partial charge in [-0.25, -0.2) is 0 Å². The van der Waals surface area contributed by atoms with Gasteiger partial charge in [-0.1, -0.05) is 18.2 Å². The first kappa shape index (κ1) is 23.1. The van der Waals surface area contributed by atoms with Crippen molar-refractivity contribution in [2.24, 2.45) is 5.10 Å². The average Bonchev–Trinajstić information content (AvgIpc) is 2.81. The smallest absolute Gasteiger partial charge is 0.269 e. The molecule has 3 aromatic rings. The predicted molar refractivity (Wildman–Crippen MR) is 126 cm³/mol. The minimum atomic E-state index is -0.435. The topological polar surface area (TPSA) is 95.2 Å². The van der Waals surface area contributed by atoms with Gasteiger partial charge < -0.3 is 19.6 Å². The summed E-state index contributed by atoms with van der Waals surface area (Å²) in [7, 11) is 3.19. The lowest BCUT2D eigenvalue weighted by Crippen LogP contribution is -2.07. The van der Waals surface area contributed by atoms with Gasteiger partial charge in [0.05, 0.1) is 36.4 Å². The third kappa shape index (κ3) is 5.98. The number of hydrazone groups is 1. The normalized spacial score (nSPS) is 10.7. The fourth-order valence-corrected chi connectivity index (χ4v) is 3.50. The molecule has 3 rings (SSSR count). The summed E-state index contributed by atoms with van der Waals surface area (Å²) in [6.45, 7) is 0.760. The minimum Gasteiger partial charge on any atom is -0.496 e. The molecular weight excluding hydrogens is 478 g/mol. The zero-order valence-corrected chi connectivity index (χ0v) is 19.2. The monoisotopic (exact) mass is 499 g/mol. The Morgan fingerprint density at radius 3 is 2.47 bits per heavy atom. The summed E-state index contributed by atoms with van der Waals surface area (Å²) < 4.78 is 17.4. The molecule has 166 valence electrons. The Morgan fingerprint density at radius 1 is 1.06 bits per heavy atom. The van der Waals surface area contributed by atoms with Crippen LogP contribution in [0.2, 0.25) is 0 Å². The first-order chi connectivity index (χ1) is 15.5. The first-order valence-corrected chi connectivity index (χ1v) is 10.4. The van der Waals surface area contributed by atoms with Crippen LogP contribution in [0.5, 0.6) is 17.2 Å². The molecule has 1 N–H and O–H groups in total. The van der Waals surface area contributed by atoms with Crippen molar-refractivity contribution < 1.29 is 19.1 Å². The highest BCUT2D eigenvalue weighted by Gasteiger charge is 2.12. The van der Waals surface area contributed by atoms with Crippen molar-refractivity contribution in [1.82, 2.24) is 5.43 Å². The van der Waals surface area contributed by atoms with Crippen LogP contribution in [0.4, 0.5) is 5.69 Å². The lowest BCUT2D eigenvalue weighted by molar-refractivity contribution is -0.384. The average molecular weight is 500 g/mol. The van der Waals surface area contributed by atoms with Crippen molar-refractivity contribution in [2.45, 2.75) is 13.2 Å². The van der Waals surface area contributed by atoms with E-state index in [1.807, 2.05) is 36.4 Å². The Labute approximate surface area is 194 Å². The summed E-state index contributed by atoms with van der Waals surface area (Å²) >= 11 is 3.51. The molecule has 0 bridgehead atoms. The summed E-state index contributed by atoms with van der Waals surface area (Å²) in [5.74, 6) is 1.87. The van der Waals surface area contributed by atoms with Gasteiger partial charge in [-0.3, -0.25) is 10.1 Å². The number of para-hydroxylation sites is 1. The van der Waals surface area contributed by atoms with Crippen LogP contribution in [0, 0.1) is 10.1 Å². The molecule has 9 heteroatoms. The Bertz CT molecular complexity index is 1100. The number of methoxy groups -OCH3 is 2. The number of nitrogens with one attached hydrogen (secondary N) is 1. The van der Waals surface area contributed by atoms with Gasteiger partial charge >= 0.3 is 0 Å². The van der Waals surface area contributed by atoms with Crippen LogP contribution in [0.25, 0.3) is 0 Å². The van der Waals surface area contributed by atoms with Crippen LogP contribution in [-0.2, 0) is 13.2 Å². The van der Waals surface area contributed by atoms with Crippen molar-refractivity contribution in [3.63, 3.8) is 0 Å². The quantitative estimate of drug-likeness (QED) is 0.237.